The lowest BCUT2D eigenvalue weighted by Crippen LogP contribution is -2.17. The van der Waals surface area contributed by atoms with Gasteiger partial charge >= 0.3 is 0 Å². The molecule has 1 saturated heterocycles. The Balaban J connectivity index is 1.86. The van der Waals surface area contributed by atoms with E-state index < -0.39 is 0 Å². The molecular weight excluding hydrogens is 413 g/mol. The van der Waals surface area contributed by atoms with Crippen LogP contribution in [0.25, 0.3) is 6.08 Å². The molecule has 0 atom stereocenters. The van der Waals surface area contributed by atoms with Crippen molar-refractivity contribution in [3.05, 3.63) is 68.8 Å². The summed E-state index contributed by atoms with van der Waals surface area (Å²) < 4.78 is 20.7. The minimum Gasteiger partial charge on any atom is -0.488 e. The average Bonchev–Trinajstić information content (AvgIpc) is 2.85. The Hall–Kier alpha value is -1.70. The van der Waals surface area contributed by atoms with Crippen LogP contribution in [0.1, 0.15) is 11.1 Å². The Kier molecular flexibility index (Phi) is 5.33. The second kappa shape index (κ2) is 7.46. The summed E-state index contributed by atoms with van der Waals surface area (Å²) in [5, 5.41) is 2.57. The fraction of sp³-hybridized carbons (Fsp3) is 0.0588. The van der Waals surface area contributed by atoms with Crippen molar-refractivity contribution in [2.24, 2.45) is 0 Å². The molecule has 7 heteroatoms. The van der Waals surface area contributed by atoms with Gasteiger partial charge < -0.3 is 10.1 Å². The maximum atomic E-state index is 13.7. The molecule has 1 aliphatic rings. The van der Waals surface area contributed by atoms with E-state index in [0.717, 1.165) is 4.47 Å². The van der Waals surface area contributed by atoms with Crippen LogP contribution in [0.5, 0.6) is 5.75 Å². The van der Waals surface area contributed by atoms with Gasteiger partial charge in [-0.2, -0.15) is 0 Å². The van der Waals surface area contributed by atoms with Crippen molar-refractivity contribution >= 4 is 56.2 Å². The van der Waals surface area contributed by atoms with Crippen molar-refractivity contribution in [2.45, 2.75) is 6.61 Å². The highest BCUT2D eigenvalue weighted by atomic mass is 79.9. The summed E-state index contributed by atoms with van der Waals surface area (Å²) in [6, 6.07) is 11.9. The molecule has 3 rings (SSSR count). The van der Waals surface area contributed by atoms with E-state index in [-0.39, 0.29) is 18.3 Å². The number of carbonyl (C=O) groups excluding carboxylic acids is 1. The third-order valence-electron chi connectivity index (χ3n) is 3.24. The first-order chi connectivity index (χ1) is 11.5. The molecule has 1 fully saturated rings. The van der Waals surface area contributed by atoms with E-state index in [1.54, 1.807) is 30.3 Å². The van der Waals surface area contributed by atoms with Crippen LogP contribution in [0.4, 0.5) is 4.39 Å². The molecule has 1 N–H and O–H groups in total. The molecule has 0 spiro atoms. The molecule has 2 aromatic carbocycles. The summed E-state index contributed by atoms with van der Waals surface area (Å²) >= 11 is 9.59. The summed E-state index contributed by atoms with van der Waals surface area (Å²) in [5.74, 6) is 0.00999. The largest absolute Gasteiger partial charge is 0.488 e. The number of nitrogens with one attached hydrogen (secondary N) is 1. The maximum absolute atomic E-state index is 13.7. The number of carbonyl (C=O) groups is 1. The van der Waals surface area contributed by atoms with Crippen molar-refractivity contribution in [3.63, 3.8) is 0 Å². The highest BCUT2D eigenvalue weighted by Crippen LogP contribution is 2.31. The van der Waals surface area contributed by atoms with E-state index in [1.165, 1.54) is 17.8 Å². The Morgan fingerprint density at radius 3 is 2.79 bits per heavy atom. The minimum absolute atomic E-state index is 0.0994. The fourth-order valence-electron chi connectivity index (χ4n) is 2.10. The zero-order valence-electron chi connectivity index (χ0n) is 12.2. The molecule has 0 radical (unpaired) electrons. The van der Waals surface area contributed by atoms with Gasteiger partial charge in [-0.15, -0.1) is 0 Å². The summed E-state index contributed by atoms with van der Waals surface area (Å²) in [6.07, 6.45) is 1.71. The zero-order valence-corrected chi connectivity index (χ0v) is 15.4. The molecule has 0 aliphatic carbocycles. The molecule has 0 bridgehead atoms. The average molecular weight is 424 g/mol. The van der Waals surface area contributed by atoms with Crippen LogP contribution in [0.2, 0.25) is 0 Å². The van der Waals surface area contributed by atoms with Gasteiger partial charge in [0.15, 0.2) is 0 Å². The topological polar surface area (TPSA) is 38.3 Å². The van der Waals surface area contributed by atoms with Crippen molar-refractivity contribution in [2.75, 3.05) is 0 Å². The van der Waals surface area contributed by atoms with E-state index in [9.17, 15) is 9.18 Å². The van der Waals surface area contributed by atoms with Gasteiger partial charge in [0.05, 0.1) is 4.91 Å². The molecule has 24 heavy (non-hydrogen) atoms. The van der Waals surface area contributed by atoms with Crippen LogP contribution in [-0.4, -0.2) is 10.2 Å². The number of rotatable bonds is 4. The Labute approximate surface area is 156 Å². The molecule has 122 valence electrons. The minimum atomic E-state index is -0.314. The van der Waals surface area contributed by atoms with Gasteiger partial charge in [-0.05, 0) is 30.3 Å². The fourth-order valence-corrected chi connectivity index (χ4v) is 3.51. The number of amides is 1. The predicted octanol–water partition coefficient (Wildman–Crippen LogP) is 4.66. The SMILES string of the molecule is O=C1NC(=S)S/C1=C/c1cc(Br)ccc1OCc1ccccc1F. The van der Waals surface area contributed by atoms with Gasteiger partial charge in [0.1, 0.15) is 22.5 Å². The van der Waals surface area contributed by atoms with Crippen molar-refractivity contribution < 1.29 is 13.9 Å². The van der Waals surface area contributed by atoms with Gasteiger partial charge in [-0.1, -0.05) is 58.1 Å². The van der Waals surface area contributed by atoms with Crippen molar-refractivity contribution in [3.8, 4) is 5.75 Å². The van der Waals surface area contributed by atoms with Crippen LogP contribution >= 0.6 is 39.9 Å². The number of halogens is 2. The second-order valence-corrected chi connectivity index (χ2v) is 7.55. The molecule has 2 aromatic rings. The Bertz CT molecular complexity index is 854. The molecular formula is C17H11BrFNO2S2. The van der Waals surface area contributed by atoms with Crippen molar-refractivity contribution in [1.82, 2.24) is 5.32 Å². The summed E-state index contributed by atoms with van der Waals surface area (Å²) in [6.45, 7) is 0.0994. The number of ether oxygens (including phenoxy) is 1. The third-order valence-corrected chi connectivity index (χ3v) is 4.90. The first-order valence-corrected chi connectivity index (χ1v) is 8.95. The smallest absolute Gasteiger partial charge is 0.263 e. The number of thioether (sulfide) groups is 1. The maximum Gasteiger partial charge on any atom is 0.263 e. The summed E-state index contributed by atoms with van der Waals surface area (Å²) in [4.78, 5) is 12.3. The predicted molar refractivity (Wildman–Crippen MR) is 101 cm³/mol. The molecule has 3 nitrogen and oxygen atoms in total. The molecule has 1 heterocycles. The van der Waals surface area contributed by atoms with E-state index >= 15 is 0 Å². The van der Waals surface area contributed by atoms with Gasteiger partial charge in [-0.25, -0.2) is 4.39 Å². The second-order valence-electron chi connectivity index (χ2n) is 4.91. The molecule has 0 unspecified atom stereocenters. The van der Waals surface area contributed by atoms with E-state index in [0.29, 0.717) is 26.1 Å². The highest BCUT2D eigenvalue weighted by molar-refractivity contribution is 9.10. The van der Waals surface area contributed by atoms with Crippen LogP contribution in [0.3, 0.4) is 0 Å². The van der Waals surface area contributed by atoms with E-state index in [1.807, 2.05) is 12.1 Å². The lowest BCUT2D eigenvalue weighted by Gasteiger charge is -2.11. The standard InChI is InChI=1S/C17H11BrFNO2S2/c18-12-5-6-14(22-9-10-3-1-2-4-13(10)19)11(7-12)8-15-16(21)20-17(23)24-15/h1-8H,9H2,(H,20,21,23)/b15-8+. The summed E-state index contributed by atoms with van der Waals surface area (Å²) in [7, 11) is 0. The highest BCUT2D eigenvalue weighted by Gasteiger charge is 2.22. The quantitative estimate of drug-likeness (QED) is 0.573. The summed E-state index contributed by atoms with van der Waals surface area (Å²) in [5.41, 5.74) is 1.18. The van der Waals surface area contributed by atoms with Crippen LogP contribution in [-0.2, 0) is 11.4 Å². The Morgan fingerprint density at radius 2 is 2.08 bits per heavy atom. The number of hydrogen-bond donors (Lipinski definition) is 1. The van der Waals surface area contributed by atoms with Crippen LogP contribution < -0.4 is 10.1 Å². The number of hydrogen-bond acceptors (Lipinski definition) is 4. The third kappa shape index (κ3) is 4.03. The van der Waals surface area contributed by atoms with Crippen LogP contribution in [0, 0.1) is 5.82 Å². The Morgan fingerprint density at radius 1 is 1.29 bits per heavy atom. The van der Waals surface area contributed by atoms with Crippen LogP contribution in [0.15, 0.2) is 51.8 Å². The monoisotopic (exact) mass is 423 g/mol. The lowest BCUT2D eigenvalue weighted by atomic mass is 10.1. The van der Waals surface area contributed by atoms with Gasteiger partial charge in [0.25, 0.3) is 5.91 Å². The molecule has 1 amide bonds. The number of benzene rings is 2. The van der Waals surface area contributed by atoms with E-state index in [2.05, 4.69) is 21.2 Å². The van der Waals surface area contributed by atoms with Gasteiger partial charge in [0.2, 0.25) is 0 Å². The zero-order chi connectivity index (χ0) is 17.1. The molecule has 0 aromatic heterocycles. The van der Waals surface area contributed by atoms with Gasteiger partial charge in [-0.3, -0.25) is 4.79 Å². The van der Waals surface area contributed by atoms with E-state index in [4.69, 9.17) is 17.0 Å². The molecule has 1 aliphatic heterocycles. The normalized spacial score (nSPS) is 15.7. The first-order valence-electron chi connectivity index (χ1n) is 6.93. The first kappa shape index (κ1) is 17.1. The van der Waals surface area contributed by atoms with Gasteiger partial charge in [0, 0.05) is 15.6 Å². The molecule has 0 saturated carbocycles. The lowest BCUT2D eigenvalue weighted by molar-refractivity contribution is -0.115. The van der Waals surface area contributed by atoms with Crippen molar-refractivity contribution in [1.29, 1.82) is 0 Å². The number of thiocarbonyl (C=S) groups is 1.